The van der Waals surface area contributed by atoms with E-state index in [-0.39, 0.29) is 5.91 Å². The van der Waals surface area contributed by atoms with E-state index in [0.29, 0.717) is 12.6 Å². The molecule has 0 aromatic carbocycles. The lowest BCUT2D eigenvalue weighted by atomic mass is 10.3. The molecule has 4 heteroatoms. The Morgan fingerprint density at radius 2 is 2.47 bits per heavy atom. The van der Waals surface area contributed by atoms with Gasteiger partial charge in [-0.1, -0.05) is 6.08 Å². The Kier molecular flexibility index (Phi) is 3.17. The molecule has 1 aromatic heterocycles. The summed E-state index contributed by atoms with van der Waals surface area (Å²) in [5, 5.41) is 1.88. The van der Waals surface area contributed by atoms with Crippen molar-refractivity contribution in [2.45, 2.75) is 23.8 Å². The Morgan fingerprint density at radius 1 is 1.73 bits per heavy atom. The topological polar surface area (TPSA) is 20.3 Å². The molecule has 15 heavy (non-hydrogen) atoms. The fourth-order valence-electron chi connectivity index (χ4n) is 1.50. The molecule has 1 fully saturated rings. The lowest BCUT2D eigenvalue weighted by Gasteiger charge is -2.19. The first kappa shape index (κ1) is 10.8. The van der Waals surface area contributed by atoms with Crippen molar-refractivity contribution in [3.05, 3.63) is 29.0 Å². The number of rotatable bonds is 4. The lowest BCUT2D eigenvalue weighted by Crippen LogP contribution is -2.32. The molecule has 1 amide bonds. The van der Waals surface area contributed by atoms with Crippen molar-refractivity contribution >= 4 is 29.9 Å². The van der Waals surface area contributed by atoms with Gasteiger partial charge in [0.25, 0.3) is 5.91 Å². The van der Waals surface area contributed by atoms with Crippen molar-refractivity contribution in [2.24, 2.45) is 0 Å². The van der Waals surface area contributed by atoms with Crippen LogP contribution in [-0.4, -0.2) is 23.4 Å². The van der Waals surface area contributed by atoms with E-state index in [4.69, 9.17) is 0 Å². The van der Waals surface area contributed by atoms with E-state index in [1.165, 1.54) is 11.3 Å². The number of hydrogen-bond donors (Lipinski definition) is 1. The number of carbonyl (C=O) groups excluding carboxylic acids is 1. The first-order valence-electron chi connectivity index (χ1n) is 4.91. The third-order valence-corrected chi connectivity index (χ3v) is 3.72. The van der Waals surface area contributed by atoms with Crippen LogP contribution in [0.25, 0.3) is 0 Å². The number of nitrogens with zero attached hydrogens (tertiary/aromatic N) is 1. The van der Waals surface area contributed by atoms with E-state index in [0.717, 1.165) is 22.6 Å². The van der Waals surface area contributed by atoms with Crippen molar-refractivity contribution in [2.75, 3.05) is 6.54 Å². The van der Waals surface area contributed by atoms with Crippen LogP contribution < -0.4 is 0 Å². The fraction of sp³-hybridized carbons (Fsp3) is 0.364. The Balaban J connectivity index is 2.13. The highest BCUT2D eigenvalue weighted by molar-refractivity contribution is 7.80. The number of amides is 1. The maximum absolute atomic E-state index is 12.1. The minimum atomic E-state index is 0.114. The largest absolute Gasteiger partial charge is 0.331 e. The molecule has 0 spiro atoms. The highest BCUT2D eigenvalue weighted by Crippen LogP contribution is 2.29. The van der Waals surface area contributed by atoms with Crippen molar-refractivity contribution in [3.63, 3.8) is 0 Å². The minimum Gasteiger partial charge on any atom is -0.331 e. The summed E-state index contributed by atoms with van der Waals surface area (Å²) in [6, 6.07) is 2.26. The van der Waals surface area contributed by atoms with Gasteiger partial charge in [0, 0.05) is 22.9 Å². The quantitative estimate of drug-likeness (QED) is 0.633. The molecule has 0 bridgehead atoms. The van der Waals surface area contributed by atoms with Gasteiger partial charge in [0.05, 0.1) is 4.88 Å². The van der Waals surface area contributed by atoms with Crippen LogP contribution >= 0.6 is 24.0 Å². The Hall–Kier alpha value is -0.740. The van der Waals surface area contributed by atoms with Gasteiger partial charge >= 0.3 is 0 Å². The monoisotopic (exact) mass is 239 g/mol. The summed E-state index contributed by atoms with van der Waals surface area (Å²) in [6.07, 6.45) is 4.03. The summed E-state index contributed by atoms with van der Waals surface area (Å²) < 4.78 is 0. The third-order valence-electron chi connectivity index (χ3n) is 2.37. The molecule has 0 aliphatic heterocycles. The zero-order chi connectivity index (χ0) is 10.8. The highest BCUT2D eigenvalue weighted by Gasteiger charge is 2.32. The van der Waals surface area contributed by atoms with E-state index in [9.17, 15) is 4.79 Å². The first-order chi connectivity index (χ1) is 7.22. The second kappa shape index (κ2) is 4.41. The van der Waals surface area contributed by atoms with Gasteiger partial charge in [-0.3, -0.25) is 4.79 Å². The third kappa shape index (κ3) is 2.44. The highest BCUT2D eigenvalue weighted by atomic mass is 32.1. The van der Waals surface area contributed by atoms with Crippen LogP contribution in [0.1, 0.15) is 22.5 Å². The Bertz CT molecular complexity index is 382. The number of hydrogen-bond acceptors (Lipinski definition) is 3. The number of carbonyl (C=O) groups is 1. The molecule has 0 N–H and O–H groups in total. The second-order valence-corrected chi connectivity index (χ2v) is 5.07. The van der Waals surface area contributed by atoms with Crippen LogP contribution in [-0.2, 0) is 0 Å². The van der Waals surface area contributed by atoms with Crippen LogP contribution in [0.4, 0.5) is 0 Å². The zero-order valence-electron chi connectivity index (χ0n) is 8.35. The minimum absolute atomic E-state index is 0.114. The van der Waals surface area contributed by atoms with Gasteiger partial charge in [0.2, 0.25) is 0 Å². The van der Waals surface area contributed by atoms with Gasteiger partial charge in [-0.25, -0.2) is 0 Å². The van der Waals surface area contributed by atoms with Crippen LogP contribution in [0.2, 0.25) is 0 Å². The molecule has 2 nitrogen and oxygen atoms in total. The molecule has 1 heterocycles. The van der Waals surface area contributed by atoms with E-state index in [2.05, 4.69) is 19.2 Å². The number of thiophene rings is 1. The Morgan fingerprint density at radius 3 is 2.93 bits per heavy atom. The molecule has 0 saturated heterocycles. The summed E-state index contributed by atoms with van der Waals surface area (Å²) in [5.74, 6) is 0.114. The van der Waals surface area contributed by atoms with Crippen molar-refractivity contribution in [3.8, 4) is 0 Å². The van der Waals surface area contributed by atoms with Crippen LogP contribution in [0.15, 0.2) is 29.0 Å². The summed E-state index contributed by atoms with van der Waals surface area (Å²) in [4.78, 5) is 15.6. The smallest absolute Gasteiger partial charge is 0.264 e. The lowest BCUT2D eigenvalue weighted by molar-refractivity contribution is 0.0767. The molecule has 2 rings (SSSR count). The van der Waals surface area contributed by atoms with E-state index in [1.807, 2.05) is 16.3 Å². The van der Waals surface area contributed by atoms with Gasteiger partial charge in [-0.05, 0) is 18.9 Å². The molecule has 0 atom stereocenters. The summed E-state index contributed by atoms with van der Waals surface area (Å²) in [7, 11) is 0. The van der Waals surface area contributed by atoms with Crippen molar-refractivity contribution < 1.29 is 4.79 Å². The average molecular weight is 239 g/mol. The maximum atomic E-state index is 12.1. The predicted octanol–water partition coefficient (Wildman–Crippen LogP) is 2.83. The van der Waals surface area contributed by atoms with Crippen molar-refractivity contribution in [1.29, 1.82) is 0 Å². The summed E-state index contributed by atoms with van der Waals surface area (Å²) in [5.41, 5.74) is 0. The molecule has 80 valence electrons. The molecule has 1 saturated carbocycles. The summed E-state index contributed by atoms with van der Waals surface area (Å²) in [6.45, 7) is 4.33. The molecule has 1 aliphatic carbocycles. The Labute approximate surface area is 99.0 Å². The maximum Gasteiger partial charge on any atom is 0.264 e. The van der Waals surface area contributed by atoms with Crippen LogP contribution in [0, 0.1) is 0 Å². The standard InChI is InChI=1S/C11H13NOS2/c1-2-5-12(8-3-4-8)11(13)10-6-9(14)7-15-10/h2,6-8,14H,1,3-5H2. The first-order valence-corrected chi connectivity index (χ1v) is 6.24. The normalized spacial score (nSPS) is 15.0. The molecular formula is C11H13NOS2. The zero-order valence-corrected chi connectivity index (χ0v) is 10.1. The molecule has 0 radical (unpaired) electrons. The molecule has 0 unspecified atom stereocenters. The summed E-state index contributed by atoms with van der Waals surface area (Å²) >= 11 is 5.66. The van der Waals surface area contributed by atoms with Gasteiger partial charge in [0.1, 0.15) is 0 Å². The molecule has 1 aromatic rings. The number of thiol groups is 1. The van der Waals surface area contributed by atoms with E-state index < -0.39 is 0 Å². The van der Waals surface area contributed by atoms with E-state index >= 15 is 0 Å². The average Bonchev–Trinajstić information content (AvgIpc) is 2.96. The molecule has 1 aliphatic rings. The van der Waals surface area contributed by atoms with E-state index in [1.54, 1.807) is 6.08 Å². The van der Waals surface area contributed by atoms with Gasteiger partial charge in [-0.2, -0.15) is 0 Å². The van der Waals surface area contributed by atoms with Crippen LogP contribution in [0.3, 0.4) is 0 Å². The van der Waals surface area contributed by atoms with Gasteiger partial charge in [0.15, 0.2) is 0 Å². The van der Waals surface area contributed by atoms with Crippen molar-refractivity contribution in [1.82, 2.24) is 4.90 Å². The van der Waals surface area contributed by atoms with Gasteiger partial charge in [-0.15, -0.1) is 30.5 Å². The SMILES string of the molecule is C=CCN(C(=O)c1cc(S)cs1)C1CC1. The van der Waals surface area contributed by atoms with Crippen LogP contribution in [0.5, 0.6) is 0 Å². The predicted molar refractivity (Wildman–Crippen MR) is 65.8 cm³/mol. The molecular weight excluding hydrogens is 226 g/mol. The second-order valence-electron chi connectivity index (χ2n) is 3.65. The van der Waals surface area contributed by atoms with Gasteiger partial charge < -0.3 is 4.90 Å². The fourth-order valence-corrected chi connectivity index (χ4v) is 2.61.